The van der Waals surface area contributed by atoms with E-state index in [0.717, 1.165) is 5.56 Å². The molecule has 2 rings (SSSR count). The van der Waals surface area contributed by atoms with E-state index in [0.29, 0.717) is 11.3 Å². The number of benzene rings is 1. The number of nitrogens with zero attached hydrogens (tertiary/aromatic N) is 1. The fourth-order valence-corrected chi connectivity index (χ4v) is 4.74. The van der Waals surface area contributed by atoms with E-state index < -0.39 is 11.4 Å². The molecule has 1 aromatic carbocycles. The molecule has 268 valence electrons. The number of ether oxygens (including phenoxy) is 3. The first kappa shape index (κ1) is 41.7. The monoisotopic (exact) mass is 696 g/mol. The Balaban J connectivity index is 2.29. The first-order chi connectivity index (χ1) is 23.2. The Kier molecular flexibility index (Phi) is 17.7. The Morgan fingerprint density at radius 1 is 0.694 bits per heavy atom. The number of ketones is 4. The molecule has 1 unspecified atom stereocenters. The number of carbonyl (C=O) groups is 5. The standard InChI is InChI=1S/C38H52N2O8S/c1-25(2)33(41)14-17-46-22-38(23-47-18-15-34(42)26(3)4,24-48-19-16-35(43)28(7)21-49)40-37(45)31-12-13-32(39-20-31)29-8-10-30(11-9-29)36(44)27(5)6/h8-13,20-21,25-28H,14-19,22-24H2,1-7H3,(H,40,45). The van der Waals surface area contributed by atoms with E-state index in [2.05, 4.69) is 10.3 Å². The summed E-state index contributed by atoms with van der Waals surface area (Å²) < 4.78 is 17.8. The van der Waals surface area contributed by atoms with Gasteiger partial charge in [-0.2, -0.15) is 0 Å². The lowest BCUT2D eigenvalue weighted by molar-refractivity contribution is -0.123. The van der Waals surface area contributed by atoms with Gasteiger partial charge in [-0.3, -0.25) is 29.0 Å². The van der Waals surface area contributed by atoms with Gasteiger partial charge in [-0.05, 0) is 17.5 Å². The molecule has 0 saturated carbocycles. The SMILES string of the molecule is CC(C)C(=O)CCOCC(COCCC(=O)C(C)C)(COCCC(=O)C(C)C=S)NC(=O)c1ccc(-c2ccc(C(=O)C(C)C)cc2)nc1. The summed E-state index contributed by atoms with van der Waals surface area (Å²) in [5.74, 6) is -1.15. The number of rotatable bonds is 24. The van der Waals surface area contributed by atoms with Gasteiger partial charge in [0.25, 0.3) is 5.91 Å². The second-order valence-electron chi connectivity index (χ2n) is 13.3. The van der Waals surface area contributed by atoms with Crippen LogP contribution in [0.15, 0.2) is 42.6 Å². The van der Waals surface area contributed by atoms with Gasteiger partial charge < -0.3 is 19.5 Å². The third-order valence-electron chi connectivity index (χ3n) is 8.01. The lowest BCUT2D eigenvalue weighted by Gasteiger charge is -2.34. The predicted octanol–water partition coefficient (Wildman–Crippen LogP) is 5.93. The van der Waals surface area contributed by atoms with Crippen molar-refractivity contribution >= 4 is 46.6 Å². The maximum Gasteiger partial charge on any atom is 0.253 e. The highest BCUT2D eigenvalue weighted by atomic mass is 32.1. The van der Waals surface area contributed by atoms with E-state index in [1.165, 1.54) is 11.6 Å². The first-order valence-electron chi connectivity index (χ1n) is 16.9. The molecular weight excluding hydrogens is 644 g/mol. The zero-order valence-corrected chi connectivity index (χ0v) is 30.7. The van der Waals surface area contributed by atoms with Crippen LogP contribution in [0.25, 0.3) is 11.3 Å². The molecular formula is C38H52N2O8S. The lowest BCUT2D eigenvalue weighted by atomic mass is 9.99. The van der Waals surface area contributed by atoms with Gasteiger partial charge in [0.15, 0.2) is 5.78 Å². The minimum atomic E-state index is -1.23. The maximum atomic E-state index is 13.7. The van der Waals surface area contributed by atoms with Gasteiger partial charge in [-0.15, -0.1) is 0 Å². The van der Waals surface area contributed by atoms with Gasteiger partial charge in [-0.1, -0.05) is 84.9 Å². The summed E-state index contributed by atoms with van der Waals surface area (Å²) in [7, 11) is 0. The highest BCUT2D eigenvalue weighted by Crippen LogP contribution is 2.20. The molecule has 0 aliphatic rings. The van der Waals surface area contributed by atoms with Crippen molar-refractivity contribution in [2.75, 3.05) is 39.6 Å². The molecule has 2 aromatic rings. The van der Waals surface area contributed by atoms with Crippen molar-refractivity contribution in [2.24, 2.45) is 23.7 Å². The molecule has 1 atom stereocenters. The Bertz CT molecular complexity index is 1380. The second kappa shape index (κ2) is 20.9. The molecule has 49 heavy (non-hydrogen) atoms. The zero-order chi connectivity index (χ0) is 36.6. The average molecular weight is 697 g/mol. The van der Waals surface area contributed by atoms with Gasteiger partial charge in [-0.25, -0.2) is 0 Å². The molecule has 1 aromatic heterocycles. The van der Waals surface area contributed by atoms with E-state index in [4.69, 9.17) is 26.4 Å². The van der Waals surface area contributed by atoms with Crippen LogP contribution in [0.3, 0.4) is 0 Å². The highest BCUT2D eigenvalue weighted by Gasteiger charge is 2.34. The van der Waals surface area contributed by atoms with Gasteiger partial charge in [0.2, 0.25) is 0 Å². The normalized spacial score (nSPS) is 12.3. The van der Waals surface area contributed by atoms with Crippen LogP contribution in [0, 0.1) is 23.7 Å². The van der Waals surface area contributed by atoms with Crippen molar-refractivity contribution in [3.63, 3.8) is 0 Å². The van der Waals surface area contributed by atoms with Crippen LogP contribution >= 0.6 is 12.2 Å². The summed E-state index contributed by atoms with van der Waals surface area (Å²) in [6.07, 6.45) is 1.99. The molecule has 0 fully saturated rings. The smallest absolute Gasteiger partial charge is 0.253 e. The van der Waals surface area contributed by atoms with Crippen molar-refractivity contribution < 1.29 is 38.2 Å². The predicted molar refractivity (Wildman–Crippen MR) is 193 cm³/mol. The molecule has 0 aliphatic carbocycles. The third-order valence-corrected chi connectivity index (χ3v) is 8.42. The van der Waals surface area contributed by atoms with Crippen molar-refractivity contribution in [3.8, 4) is 11.3 Å². The molecule has 1 N–H and O–H groups in total. The number of carbonyl (C=O) groups excluding carboxylic acids is 5. The fourth-order valence-electron chi connectivity index (χ4n) is 4.59. The van der Waals surface area contributed by atoms with Crippen LogP contribution < -0.4 is 5.32 Å². The van der Waals surface area contributed by atoms with Crippen LogP contribution in [0.1, 0.15) is 88.4 Å². The van der Waals surface area contributed by atoms with Gasteiger partial charge in [0.1, 0.15) is 22.9 Å². The van der Waals surface area contributed by atoms with Crippen molar-refractivity contribution in [3.05, 3.63) is 53.7 Å². The Labute approximate surface area is 296 Å². The van der Waals surface area contributed by atoms with E-state index >= 15 is 0 Å². The molecule has 1 heterocycles. The number of hydrogen-bond donors (Lipinski definition) is 1. The topological polar surface area (TPSA) is 138 Å². The van der Waals surface area contributed by atoms with Crippen molar-refractivity contribution in [2.45, 2.75) is 73.3 Å². The molecule has 10 nitrogen and oxygen atoms in total. The summed E-state index contributed by atoms with van der Waals surface area (Å²) in [6, 6.07) is 10.5. The summed E-state index contributed by atoms with van der Waals surface area (Å²) in [6.45, 7) is 12.9. The summed E-state index contributed by atoms with van der Waals surface area (Å²) >= 11 is 4.90. The van der Waals surface area contributed by atoms with Gasteiger partial charge >= 0.3 is 0 Å². The minimum absolute atomic E-state index is 0.0489. The molecule has 0 bridgehead atoms. The van der Waals surface area contributed by atoms with E-state index in [-0.39, 0.29) is 111 Å². The van der Waals surface area contributed by atoms with E-state index in [9.17, 15) is 24.0 Å². The van der Waals surface area contributed by atoms with Crippen LogP contribution in [0.4, 0.5) is 0 Å². The highest BCUT2D eigenvalue weighted by molar-refractivity contribution is 7.79. The summed E-state index contributed by atoms with van der Waals surface area (Å²) in [5, 5.41) is 4.42. The number of nitrogens with one attached hydrogen (secondary N) is 1. The number of Topliss-reactive ketones (excluding diaryl/α,β-unsaturated/α-hetero) is 4. The number of aromatic nitrogens is 1. The van der Waals surface area contributed by atoms with Gasteiger partial charge in [0.05, 0.1) is 50.9 Å². The number of thiocarbonyl (C=S) groups is 1. The molecule has 11 heteroatoms. The zero-order valence-electron chi connectivity index (χ0n) is 29.9. The average Bonchev–Trinajstić information content (AvgIpc) is 3.09. The van der Waals surface area contributed by atoms with Crippen molar-refractivity contribution in [1.29, 1.82) is 0 Å². The van der Waals surface area contributed by atoms with Crippen LogP contribution in [-0.2, 0) is 28.6 Å². The van der Waals surface area contributed by atoms with Crippen LogP contribution in [-0.4, -0.2) is 84.6 Å². The first-order valence-corrected chi connectivity index (χ1v) is 17.4. The maximum absolute atomic E-state index is 13.7. The Hall–Kier alpha value is -3.51. The number of hydrogen-bond acceptors (Lipinski definition) is 10. The molecule has 0 spiro atoms. The number of pyridine rings is 1. The minimum Gasteiger partial charge on any atom is -0.378 e. The molecule has 1 amide bonds. The Morgan fingerprint density at radius 2 is 1.16 bits per heavy atom. The summed E-state index contributed by atoms with van der Waals surface area (Å²) in [5.41, 5.74) is 1.09. The Morgan fingerprint density at radius 3 is 1.57 bits per heavy atom. The molecule has 0 aliphatic heterocycles. The summed E-state index contributed by atoms with van der Waals surface area (Å²) in [4.78, 5) is 67.3. The second-order valence-corrected chi connectivity index (χ2v) is 13.6. The van der Waals surface area contributed by atoms with Crippen molar-refractivity contribution in [1.82, 2.24) is 10.3 Å². The quantitative estimate of drug-likeness (QED) is 0.0799. The van der Waals surface area contributed by atoms with Crippen LogP contribution in [0.5, 0.6) is 0 Å². The van der Waals surface area contributed by atoms with E-state index in [1.54, 1.807) is 31.2 Å². The molecule has 0 radical (unpaired) electrons. The van der Waals surface area contributed by atoms with Crippen LogP contribution in [0.2, 0.25) is 0 Å². The molecule has 0 saturated heterocycles. The third kappa shape index (κ3) is 14.1. The fraction of sp³-hybridized carbons (Fsp3) is 0.553. The van der Waals surface area contributed by atoms with Gasteiger partial charge in [0, 0.05) is 60.3 Å². The van der Waals surface area contributed by atoms with E-state index in [1.807, 2.05) is 53.7 Å². The largest absolute Gasteiger partial charge is 0.378 e. The number of amides is 1. The lowest BCUT2D eigenvalue weighted by Crippen LogP contribution is -2.58.